The topological polar surface area (TPSA) is 86.2 Å². The summed E-state index contributed by atoms with van der Waals surface area (Å²) in [6.45, 7) is 0. The third-order valence-electron chi connectivity index (χ3n) is 0.243. The summed E-state index contributed by atoms with van der Waals surface area (Å²) in [7, 11) is -2.60. The van der Waals surface area contributed by atoms with Crippen molar-refractivity contribution in [3.8, 4) is 0 Å². The average molecular weight is 110 g/mol. The Balaban J connectivity index is 3.57. The molecule has 4 N–H and O–H groups in total. The van der Waals surface area contributed by atoms with Crippen LogP contribution < -0.4 is 11.5 Å². The molecule has 6 heavy (non-hydrogen) atoms. The van der Waals surface area contributed by atoms with Crippen LogP contribution in [0.4, 0.5) is 0 Å². The molecule has 0 amide bonds. The number of hydrogen-bond acceptors (Lipinski definition) is 4. The smallest absolute Gasteiger partial charge is 0.169 e. The standard InChI is InChI=1S/CH6N2O2S/c2-1(3)6(4)5/h1,6H,2-3H2. The van der Waals surface area contributed by atoms with E-state index in [1.807, 2.05) is 0 Å². The molecule has 38 valence electrons. The van der Waals surface area contributed by atoms with Gasteiger partial charge in [0.05, 0.1) is 0 Å². The zero-order chi connectivity index (χ0) is 5.15. The lowest BCUT2D eigenvalue weighted by Gasteiger charge is -1.85. The number of thiol groups is 1. The van der Waals surface area contributed by atoms with E-state index in [1.54, 1.807) is 0 Å². The quantitative estimate of drug-likeness (QED) is 0.264. The van der Waals surface area contributed by atoms with Crippen LogP contribution >= 0.6 is 0 Å². The van der Waals surface area contributed by atoms with Crippen molar-refractivity contribution in [1.82, 2.24) is 0 Å². The van der Waals surface area contributed by atoms with E-state index in [0.717, 1.165) is 0 Å². The first-order valence-corrected chi connectivity index (χ1v) is 2.54. The zero-order valence-electron chi connectivity index (χ0n) is 3.00. The van der Waals surface area contributed by atoms with Gasteiger partial charge in [-0.25, -0.2) is 8.42 Å². The Labute approximate surface area is 37.1 Å². The predicted molar refractivity (Wildman–Crippen MR) is 22.5 cm³/mol. The molecule has 0 atom stereocenters. The van der Waals surface area contributed by atoms with E-state index in [0.29, 0.717) is 0 Å². The third kappa shape index (κ3) is 2.13. The highest BCUT2D eigenvalue weighted by molar-refractivity contribution is 7.73. The summed E-state index contributed by atoms with van der Waals surface area (Å²) in [5.41, 5.74) is 8.04. The molecule has 0 aromatic heterocycles. The van der Waals surface area contributed by atoms with Gasteiger partial charge in [-0.1, -0.05) is 0 Å². The first kappa shape index (κ1) is 5.87. The van der Waals surface area contributed by atoms with E-state index in [9.17, 15) is 8.42 Å². The summed E-state index contributed by atoms with van der Waals surface area (Å²) in [5.74, 6) is 0. The van der Waals surface area contributed by atoms with Gasteiger partial charge in [0.2, 0.25) is 0 Å². The molecule has 0 aliphatic rings. The Bertz CT molecular complexity index is 87.7. The molecule has 0 aromatic carbocycles. The second-order valence-corrected chi connectivity index (χ2v) is 1.94. The van der Waals surface area contributed by atoms with Gasteiger partial charge in [0.15, 0.2) is 16.2 Å². The van der Waals surface area contributed by atoms with Crippen LogP contribution in [-0.2, 0) is 10.7 Å². The van der Waals surface area contributed by atoms with E-state index in [1.165, 1.54) is 0 Å². The molecule has 0 saturated carbocycles. The highest BCUT2D eigenvalue weighted by atomic mass is 32.2. The van der Waals surface area contributed by atoms with Crippen LogP contribution in [0.15, 0.2) is 0 Å². The first-order chi connectivity index (χ1) is 2.64. The van der Waals surface area contributed by atoms with E-state index < -0.39 is 16.2 Å². The molecule has 0 aromatic rings. The number of nitrogens with two attached hydrogens (primary N) is 2. The van der Waals surface area contributed by atoms with E-state index in [4.69, 9.17) is 0 Å². The fourth-order valence-electron chi connectivity index (χ4n) is 0. The average Bonchev–Trinajstić information content (AvgIpc) is 1.36. The summed E-state index contributed by atoms with van der Waals surface area (Å²) in [6.07, 6.45) is 0. The number of hydrogen-bond donors (Lipinski definition) is 3. The third-order valence-corrected chi connectivity index (χ3v) is 0.730. The zero-order valence-corrected chi connectivity index (χ0v) is 3.89. The van der Waals surface area contributed by atoms with Gasteiger partial charge < -0.3 is 11.5 Å². The Morgan fingerprint density at radius 1 is 1.33 bits per heavy atom. The Hall–Kier alpha value is -0.130. The molecule has 0 saturated heterocycles. The van der Waals surface area contributed by atoms with Crippen LogP contribution in [0, 0.1) is 0 Å². The van der Waals surface area contributed by atoms with Crippen LogP contribution in [0.5, 0.6) is 0 Å². The van der Waals surface area contributed by atoms with Gasteiger partial charge in [-0.15, -0.1) is 0 Å². The minimum atomic E-state index is -2.60. The van der Waals surface area contributed by atoms with Gasteiger partial charge in [0.1, 0.15) is 0 Å². The van der Waals surface area contributed by atoms with Crippen molar-refractivity contribution in [2.24, 2.45) is 11.5 Å². The molecule has 0 heterocycles. The molecule has 0 unspecified atom stereocenters. The van der Waals surface area contributed by atoms with Gasteiger partial charge in [-0.2, -0.15) is 0 Å². The SMILES string of the molecule is NC(N)[SH](=O)=O. The molecular weight excluding hydrogens is 104 g/mol. The van der Waals surface area contributed by atoms with Crippen LogP contribution in [0.1, 0.15) is 0 Å². The molecule has 0 radical (unpaired) electrons. The highest BCUT2D eigenvalue weighted by Crippen LogP contribution is 1.55. The summed E-state index contributed by atoms with van der Waals surface area (Å²) >= 11 is 0. The van der Waals surface area contributed by atoms with Crippen molar-refractivity contribution >= 4 is 10.7 Å². The molecular formula is CH6N2O2S. The first-order valence-electron chi connectivity index (χ1n) is 1.29. The van der Waals surface area contributed by atoms with Gasteiger partial charge in [-0.3, -0.25) is 0 Å². The molecule has 0 spiro atoms. The molecule has 0 aliphatic carbocycles. The normalized spacial score (nSPS) is 10.7. The van der Waals surface area contributed by atoms with Gasteiger partial charge >= 0.3 is 0 Å². The largest absolute Gasteiger partial charge is 0.303 e. The van der Waals surface area contributed by atoms with Gasteiger partial charge in [0.25, 0.3) is 0 Å². The van der Waals surface area contributed by atoms with E-state index >= 15 is 0 Å². The van der Waals surface area contributed by atoms with Crippen molar-refractivity contribution in [2.75, 3.05) is 0 Å². The van der Waals surface area contributed by atoms with Crippen LogP contribution in [0.2, 0.25) is 0 Å². The van der Waals surface area contributed by atoms with Crippen molar-refractivity contribution in [1.29, 1.82) is 0 Å². The summed E-state index contributed by atoms with van der Waals surface area (Å²) in [5, 5.41) is 0. The van der Waals surface area contributed by atoms with E-state index in [2.05, 4.69) is 11.5 Å². The second-order valence-electron chi connectivity index (χ2n) is 0.776. The molecule has 0 fully saturated rings. The molecule has 4 nitrogen and oxygen atoms in total. The molecule has 0 bridgehead atoms. The number of rotatable bonds is 1. The summed E-state index contributed by atoms with van der Waals surface area (Å²) in [4.78, 5) is 0. The highest BCUT2D eigenvalue weighted by Gasteiger charge is 1.88. The van der Waals surface area contributed by atoms with Crippen LogP contribution in [-0.4, -0.2) is 13.9 Å². The van der Waals surface area contributed by atoms with E-state index in [-0.39, 0.29) is 0 Å². The van der Waals surface area contributed by atoms with Crippen molar-refractivity contribution < 1.29 is 8.42 Å². The maximum Gasteiger partial charge on any atom is 0.169 e. The molecule has 0 aliphatic heterocycles. The fraction of sp³-hybridized carbons (Fsp3) is 1.00. The molecule has 0 rings (SSSR count). The summed E-state index contributed by atoms with van der Waals surface area (Å²) < 4.78 is 19.0. The fourth-order valence-corrected chi connectivity index (χ4v) is 0. The Kier molecular flexibility index (Phi) is 2.07. The summed E-state index contributed by atoms with van der Waals surface area (Å²) in [6, 6.07) is 0. The maximum absolute atomic E-state index is 9.49. The molecule has 5 heteroatoms. The van der Waals surface area contributed by atoms with Crippen LogP contribution in [0.25, 0.3) is 0 Å². The Morgan fingerprint density at radius 2 is 1.50 bits per heavy atom. The minimum absolute atomic E-state index is 1.19. The van der Waals surface area contributed by atoms with Crippen molar-refractivity contribution in [3.05, 3.63) is 0 Å². The lowest BCUT2D eigenvalue weighted by Crippen LogP contribution is -2.31. The second kappa shape index (κ2) is 2.12. The van der Waals surface area contributed by atoms with Gasteiger partial charge in [0, 0.05) is 0 Å². The van der Waals surface area contributed by atoms with Crippen molar-refractivity contribution in [3.63, 3.8) is 0 Å². The lowest BCUT2D eigenvalue weighted by atomic mass is 11.2. The van der Waals surface area contributed by atoms with Crippen LogP contribution in [0.3, 0.4) is 0 Å². The van der Waals surface area contributed by atoms with Crippen molar-refractivity contribution in [2.45, 2.75) is 5.50 Å². The Morgan fingerprint density at radius 3 is 1.50 bits per heavy atom. The minimum Gasteiger partial charge on any atom is -0.303 e. The lowest BCUT2D eigenvalue weighted by molar-refractivity contribution is 0.602. The monoisotopic (exact) mass is 110 g/mol. The van der Waals surface area contributed by atoms with Gasteiger partial charge in [-0.05, 0) is 0 Å². The predicted octanol–water partition coefficient (Wildman–Crippen LogP) is -2.20. The maximum atomic E-state index is 9.49.